The first-order valence-electron chi connectivity index (χ1n) is 6.95. The van der Waals surface area contributed by atoms with Gasteiger partial charge in [-0.05, 0) is 57.8 Å². The zero-order chi connectivity index (χ0) is 13.4. The quantitative estimate of drug-likeness (QED) is 0.842. The number of hydrogen-bond acceptors (Lipinski definition) is 3. The first-order valence-corrected chi connectivity index (χ1v) is 6.95. The Balaban J connectivity index is 1.81. The van der Waals surface area contributed by atoms with Gasteiger partial charge in [0.25, 0.3) is 0 Å². The zero-order valence-electron chi connectivity index (χ0n) is 11.7. The van der Waals surface area contributed by atoms with Crippen molar-refractivity contribution < 1.29 is 14.6 Å². The fourth-order valence-corrected chi connectivity index (χ4v) is 3.06. The van der Waals surface area contributed by atoms with Gasteiger partial charge in [-0.1, -0.05) is 0 Å². The predicted molar refractivity (Wildman–Crippen MR) is 69.3 cm³/mol. The predicted octanol–water partition coefficient (Wildman–Crippen LogP) is 2.41. The van der Waals surface area contributed by atoms with E-state index in [-0.39, 0.29) is 12.7 Å². The molecular weight excluding hydrogens is 230 g/mol. The molecule has 1 aliphatic carbocycles. The molecule has 2 aliphatic rings. The molecular formula is C14H25NO3. The highest BCUT2D eigenvalue weighted by atomic mass is 16.6. The van der Waals surface area contributed by atoms with Crippen LogP contribution in [0.25, 0.3) is 0 Å². The summed E-state index contributed by atoms with van der Waals surface area (Å²) in [5, 5.41) is 8.86. The van der Waals surface area contributed by atoms with Gasteiger partial charge >= 0.3 is 6.09 Å². The molecule has 1 spiro atoms. The van der Waals surface area contributed by atoms with E-state index < -0.39 is 5.60 Å². The van der Waals surface area contributed by atoms with E-state index in [9.17, 15) is 4.79 Å². The number of carbonyl (C=O) groups excluding carboxylic acids is 1. The van der Waals surface area contributed by atoms with Crippen molar-refractivity contribution in [1.82, 2.24) is 4.90 Å². The molecule has 0 aromatic rings. The summed E-state index contributed by atoms with van der Waals surface area (Å²) in [4.78, 5) is 13.8. The first kappa shape index (κ1) is 13.7. The minimum atomic E-state index is -0.410. The summed E-state index contributed by atoms with van der Waals surface area (Å²) in [5.74, 6) is 0.706. The average Bonchev–Trinajstić information content (AvgIpc) is 2.70. The minimum absolute atomic E-state index is 0.174. The lowest BCUT2D eigenvalue weighted by atomic mass is 10.0. The Kier molecular flexibility index (Phi) is 3.58. The van der Waals surface area contributed by atoms with Crippen LogP contribution in [0.5, 0.6) is 0 Å². The number of aliphatic hydroxyl groups is 1. The van der Waals surface area contributed by atoms with Crippen molar-refractivity contribution in [3.63, 3.8) is 0 Å². The van der Waals surface area contributed by atoms with Gasteiger partial charge in [-0.3, -0.25) is 0 Å². The summed E-state index contributed by atoms with van der Waals surface area (Å²) in [6.45, 7) is 7.65. The highest BCUT2D eigenvalue weighted by molar-refractivity contribution is 5.68. The lowest BCUT2D eigenvalue weighted by molar-refractivity contribution is 0.0284. The number of aliphatic hydroxyl groups excluding tert-OH is 1. The van der Waals surface area contributed by atoms with Gasteiger partial charge in [0.05, 0.1) is 0 Å². The van der Waals surface area contributed by atoms with Crippen molar-refractivity contribution in [2.75, 3.05) is 19.7 Å². The first-order chi connectivity index (χ1) is 8.36. The zero-order valence-corrected chi connectivity index (χ0v) is 11.7. The monoisotopic (exact) mass is 255 g/mol. The van der Waals surface area contributed by atoms with Gasteiger partial charge in [0, 0.05) is 19.7 Å². The SMILES string of the molecule is CC(C)(C)OC(=O)N1CCC2(CC2CCCO)C1. The van der Waals surface area contributed by atoms with E-state index in [4.69, 9.17) is 9.84 Å². The third kappa shape index (κ3) is 2.97. The molecule has 2 unspecified atom stereocenters. The highest BCUT2D eigenvalue weighted by Gasteiger charge is 2.57. The maximum Gasteiger partial charge on any atom is 0.410 e. The van der Waals surface area contributed by atoms with E-state index in [0.29, 0.717) is 11.3 Å². The number of rotatable bonds is 3. The molecule has 18 heavy (non-hydrogen) atoms. The molecule has 1 N–H and O–H groups in total. The van der Waals surface area contributed by atoms with E-state index in [2.05, 4.69) is 0 Å². The van der Waals surface area contributed by atoms with Crippen LogP contribution in [0.2, 0.25) is 0 Å². The highest BCUT2D eigenvalue weighted by Crippen LogP contribution is 2.60. The molecule has 1 amide bonds. The van der Waals surface area contributed by atoms with Crippen LogP contribution < -0.4 is 0 Å². The molecule has 4 heteroatoms. The molecule has 2 rings (SSSR count). The second kappa shape index (κ2) is 4.72. The van der Waals surface area contributed by atoms with Crippen LogP contribution in [-0.4, -0.2) is 41.4 Å². The normalized spacial score (nSPS) is 30.9. The average molecular weight is 255 g/mol. The lowest BCUT2D eigenvalue weighted by Crippen LogP contribution is -2.35. The molecule has 1 saturated carbocycles. The fraction of sp³-hybridized carbons (Fsp3) is 0.929. The Morgan fingerprint density at radius 1 is 1.50 bits per heavy atom. The van der Waals surface area contributed by atoms with Crippen LogP contribution in [0.3, 0.4) is 0 Å². The van der Waals surface area contributed by atoms with Crippen LogP contribution in [0.1, 0.15) is 46.5 Å². The van der Waals surface area contributed by atoms with E-state index in [1.54, 1.807) is 0 Å². The number of ether oxygens (including phenoxy) is 1. The Morgan fingerprint density at radius 3 is 2.83 bits per heavy atom. The topological polar surface area (TPSA) is 49.8 Å². The van der Waals surface area contributed by atoms with E-state index in [1.807, 2.05) is 25.7 Å². The van der Waals surface area contributed by atoms with Gasteiger partial charge < -0.3 is 14.7 Å². The summed E-state index contributed by atoms with van der Waals surface area (Å²) in [6.07, 6.45) is 4.12. The molecule has 1 aliphatic heterocycles. The molecule has 1 heterocycles. The van der Waals surface area contributed by atoms with Crippen LogP contribution in [0.4, 0.5) is 4.79 Å². The number of carbonyl (C=O) groups is 1. The van der Waals surface area contributed by atoms with Gasteiger partial charge in [0.2, 0.25) is 0 Å². The Bertz CT molecular complexity index is 323. The van der Waals surface area contributed by atoms with E-state index in [0.717, 1.165) is 32.4 Å². The smallest absolute Gasteiger partial charge is 0.410 e. The third-order valence-electron chi connectivity index (χ3n) is 4.11. The number of nitrogens with zero attached hydrogens (tertiary/aromatic N) is 1. The van der Waals surface area contributed by atoms with Crippen molar-refractivity contribution in [2.45, 2.75) is 52.1 Å². The van der Waals surface area contributed by atoms with Crippen LogP contribution in [-0.2, 0) is 4.74 Å². The van der Waals surface area contributed by atoms with Gasteiger partial charge in [-0.2, -0.15) is 0 Å². The van der Waals surface area contributed by atoms with Gasteiger partial charge in [-0.15, -0.1) is 0 Å². The molecule has 4 nitrogen and oxygen atoms in total. The van der Waals surface area contributed by atoms with Crippen molar-refractivity contribution in [3.8, 4) is 0 Å². The van der Waals surface area contributed by atoms with Crippen LogP contribution in [0.15, 0.2) is 0 Å². The van der Waals surface area contributed by atoms with Crippen molar-refractivity contribution in [3.05, 3.63) is 0 Å². The Morgan fingerprint density at radius 2 is 2.22 bits per heavy atom. The molecule has 1 saturated heterocycles. The second-order valence-corrected chi connectivity index (χ2v) is 6.78. The van der Waals surface area contributed by atoms with Crippen molar-refractivity contribution >= 4 is 6.09 Å². The Hall–Kier alpha value is -0.770. The second-order valence-electron chi connectivity index (χ2n) is 6.78. The van der Waals surface area contributed by atoms with Crippen molar-refractivity contribution in [2.24, 2.45) is 11.3 Å². The molecule has 0 bridgehead atoms. The molecule has 104 valence electrons. The summed E-state index contributed by atoms with van der Waals surface area (Å²) in [7, 11) is 0. The van der Waals surface area contributed by atoms with Gasteiger partial charge in [0.1, 0.15) is 5.60 Å². The Labute approximate surface area is 109 Å². The minimum Gasteiger partial charge on any atom is -0.444 e. The summed E-state index contributed by atoms with van der Waals surface area (Å²) in [5.41, 5.74) is -0.0568. The molecule has 0 aromatic carbocycles. The number of hydrogen-bond donors (Lipinski definition) is 1. The molecule has 2 atom stereocenters. The van der Waals surface area contributed by atoms with Crippen LogP contribution >= 0.6 is 0 Å². The van der Waals surface area contributed by atoms with Crippen LogP contribution in [0, 0.1) is 11.3 Å². The van der Waals surface area contributed by atoms with Gasteiger partial charge in [-0.25, -0.2) is 4.79 Å². The third-order valence-corrected chi connectivity index (χ3v) is 4.11. The summed E-state index contributed by atoms with van der Waals surface area (Å²) in [6, 6.07) is 0. The molecule has 0 radical (unpaired) electrons. The standard InChI is InChI=1S/C14H25NO3/c1-13(2,3)18-12(17)15-7-6-14(10-15)9-11(14)5-4-8-16/h11,16H,4-10H2,1-3H3. The van der Waals surface area contributed by atoms with Crippen molar-refractivity contribution in [1.29, 1.82) is 0 Å². The lowest BCUT2D eigenvalue weighted by Gasteiger charge is -2.24. The fourth-order valence-electron chi connectivity index (χ4n) is 3.06. The van der Waals surface area contributed by atoms with Gasteiger partial charge in [0.15, 0.2) is 0 Å². The van der Waals surface area contributed by atoms with E-state index in [1.165, 1.54) is 6.42 Å². The summed E-state index contributed by atoms with van der Waals surface area (Å²) < 4.78 is 5.41. The molecule has 2 fully saturated rings. The molecule has 0 aromatic heterocycles. The maximum absolute atomic E-state index is 12.0. The number of likely N-dealkylation sites (tertiary alicyclic amines) is 1. The largest absolute Gasteiger partial charge is 0.444 e. The van der Waals surface area contributed by atoms with E-state index >= 15 is 0 Å². The maximum atomic E-state index is 12.0. The number of amides is 1. The summed E-state index contributed by atoms with van der Waals surface area (Å²) >= 11 is 0.